The molecular formula is C18H20ClN7O2. The monoisotopic (exact) mass is 401 g/mol. The second kappa shape index (κ2) is 6.16. The van der Waals surface area contributed by atoms with Gasteiger partial charge in [-0.1, -0.05) is 24.9 Å². The van der Waals surface area contributed by atoms with E-state index in [0.29, 0.717) is 27.6 Å². The number of aromatic amines is 1. The van der Waals surface area contributed by atoms with Gasteiger partial charge in [0.25, 0.3) is 11.8 Å². The lowest BCUT2D eigenvalue weighted by molar-refractivity contribution is -0.137. The van der Waals surface area contributed by atoms with Crippen LogP contribution < -0.4 is 10.6 Å². The quantitative estimate of drug-likeness (QED) is 0.707. The molecule has 0 radical (unpaired) electrons. The van der Waals surface area contributed by atoms with Crippen LogP contribution in [0.3, 0.4) is 0 Å². The molecule has 0 bridgehead atoms. The van der Waals surface area contributed by atoms with Crippen molar-refractivity contribution >= 4 is 40.3 Å². The normalized spacial score (nSPS) is 26.7. The van der Waals surface area contributed by atoms with Gasteiger partial charge in [-0.2, -0.15) is 5.10 Å². The first-order valence-corrected chi connectivity index (χ1v) is 9.86. The zero-order valence-corrected chi connectivity index (χ0v) is 16.1. The number of hydrogen-bond acceptors (Lipinski definition) is 6. The third-order valence-corrected chi connectivity index (χ3v) is 6.57. The van der Waals surface area contributed by atoms with Crippen LogP contribution in [0.1, 0.15) is 39.0 Å². The fraction of sp³-hybridized carbons (Fsp3) is 0.500. The van der Waals surface area contributed by atoms with Gasteiger partial charge in [-0.15, -0.1) is 0 Å². The van der Waals surface area contributed by atoms with E-state index >= 15 is 0 Å². The number of rotatable bonds is 2. The lowest BCUT2D eigenvalue weighted by Gasteiger charge is -2.44. The molecule has 2 unspecified atom stereocenters. The summed E-state index contributed by atoms with van der Waals surface area (Å²) < 4.78 is 0. The maximum Gasteiger partial charge on any atom is 0.271 e. The van der Waals surface area contributed by atoms with E-state index < -0.39 is 11.7 Å². The molecule has 2 aromatic heterocycles. The van der Waals surface area contributed by atoms with Gasteiger partial charge in [-0.3, -0.25) is 19.6 Å². The Kier molecular flexibility index (Phi) is 3.84. The molecule has 2 aliphatic heterocycles. The van der Waals surface area contributed by atoms with Crippen LogP contribution in [-0.2, 0) is 9.59 Å². The molecule has 4 heterocycles. The third kappa shape index (κ3) is 2.35. The summed E-state index contributed by atoms with van der Waals surface area (Å²) in [7, 11) is 0. The molecule has 2 fully saturated rings. The van der Waals surface area contributed by atoms with Crippen molar-refractivity contribution in [1.82, 2.24) is 30.4 Å². The van der Waals surface area contributed by atoms with Gasteiger partial charge in [0.05, 0.1) is 16.6 Å². The molecule has 3 aliphatic rings. The van der Waals surface area contributed by atoms with Crippen molar-refractivity contribution in [2.24, 2.45) is 5.92 Å². The molecule has 1 saturated carbocycles. The number of aromatic nitrogens is 4. The third-order valence-electron chi connectivity index (χ3n) is 6.05. The molecule has 2 amide bonds. The molecule has 2 aromatic rings. The summed E-state index contributed by atoms with van der Waals surface area (Å²) >= 11 is 6.62. The first-order chi connectivity index (χ1) is 13.5. The average molecular weight is 402 g/mol. The molecule has 9 nitrogen and oxygen atoms in total. The minimum absolute atomic E-state index is 0.164. The van der Waals surface area contributed by atoms with E-state index in [2.05, 4.69) is 30.8 Å². The molecule has 28 heavy (non-hydrogen) atoms. The van der Waals surface area contributed by atoms with Gasteiger partial charge in [-0.05, 0) is 25.7 Å². The van der Waals surface area contributed by atoms with Gasteiger partial charge in [0.2, 0.25) is 0 Å². The number of nitrogens with zero attached hydrogens (tertiary/aromatic N) is 4. The number of halogens is 1. The Morgan fingerprint density at radius 1 is 1.25 bits per heavy atom. The predicted octanol–water partition coefficient (Wildman–Crippen LogP) is 1.85. The Labute approximate surface area is 165 Å². The molecule has 1 spiro atoms. The summed E-state index contributed by atoms with van der Waals surface area (Å²) in [6.07, 6.45) is 7.52. The average Bonchev–Trinajstić information content (AvgIpc) is 3.27. The SMILES string of the molecule is CC1C(Cl)=C2C(=O)NC3(CCCCC3)N2C(=O)C1Nc1ncnc2[nH]ncc12. The smallest absolute Gasteiger partial charge is 0.271 e. The molecule has 146 valence electrons. The second-order valence-electron chi connectivity index (χ2n) is 7.68. The van der Waals surface area contributed by atoms with Crippen molar-refractivity contribution in [2.45, 2.75) is 50.7 Å². The van der Waals surface area contributed by atoms with Gasteiger partial charge in [0, 0.05) is 5.92 Å². The summed E-state index contributed by atoms with van der Waals surface area (Å²) in [6, 6.07) is -0.643. The van der Waals surface area contributed by atoms with Gasteiger partial charge in [0.1, 0.15) is 29.5 Å². The van der Waals surface area contributed by atoms with E-state index in [0.717, 1.165) is 32.1 Å². The summed E-state index contributed by atoms with van der Waals surface area (Å²) in [5.41, 5.74) is 0.214. The van der Waals surface area contributed by atoms with E-state index in [1.54, 1.807) is 11.1 Å². The zero-order chi connectivity index (χ0) is 19.5. The lowest BCUT2D eigenvalue weighted by atomic mass is 9.86. The highest BCUT2D eigenvalue weighted by molar-refractivity contribution is 6.33. The standard InChI is InChI=1S/C18H20ClN7O2/c1-9-11(19)13-16(27)24-18(5-3-2-4-6-18)26(13)17(28)12(9)23-14-10-7-22-25-15(10)21-8-20-14/h7-9,12H,2-6H2,1H3,(H,24,27)(H2,20,21,22,23,25). The highest BCUT2D eigenvalue weighted by Gasteiger charge is 2.56. The Hall–Kier alpha value is -2.68. The minimum Gasteiger partial charge on any atom is -0.357 e. The van der Waals surface area contributed by atoms with E-state index in [1.165, 1.54) is 6.33 Å². The number of anilines is 1. The van der Waals surface area contributed by atoms with Crippen molar-refractivity contribution in [3.63, 3.8) is 0 Å². The number of amides is 2. The van der Waals surface area contributed by atoms with Crippen LogP contribution in [-0.4, -0.2) is 48.6 Å². The summed E-state index contributed by atoms with van der Waals surface area (Å²) in [6.45, 7) is 1.84. The molecule has 1 saturated heterocycles. The van der Waals surface area contributed by atoms with Crippen LogP contribution in [0.25, 0.3) is 11.0 Å². The van der Waals surface area contributed by atoms with E-state index in [-0.39, 0.29) is 17.7 Å². The Morgan fingerprint density at radius 3 is 2.82 bits per heavy atom. The molecule has 0 aromatic carbocycles. The van der Waals surface area contributed by atoms with Gasteiger partial charge in [0.15, 0.2) is 5.65 Å². The summed E-state index contributed by atoms with van der Waals surface area (Å²) in [5.74, 6) is -0.290. The van der Waals surface area contributed by atoms with Gasteiger partial charge in [-0.25, -0.2) is 9.97 Å². The Bertz CT molecular complexity index is 1010. The first kappa shape index (κ1) is 17.4. The number of fused-ring (bicyclic) bond motifs is 3. The van der Waals surface area contributed by atoms with Crippen LogP contribution in [0, 0.1) is 5.92 Å². The molecule has 3 N–H and O–H groups in total. The van der Waals surface area contributed by atoms with E-state index in [9.17, 15) is 9.59 Å². The van der Waals surface area contributed by atoms with Crippen molar-refractivity contribution in [3.8, 4) is 0 Å². The van der Waals surface area contributed by atoms with Crippen LogP contribution >= 0.6 is 11.6 Å². The fourth-order valence-corrected chi connectivity index (χ4v) is 4.89. The molecule has 2 atom stereocenters. The van der Waals surface area contributed by atoms with Crippen molar-refractivity contribution < 1.29 is 9.59 Å². The zero-order valence-electron chi connectivity index (χ0n) is 15.3. The first-order valence-electron chi connectivity index (χ1n) is 9.49. The number of carbonyl (C=O) groups excluding carboxylic acids is 2. The second-order valence-corrected chi connectivity index (χ2v) is 8.09. The minimum atomic E-state index is -0.668. The number of carbonyl (C=O) groups is 2. The van der Waals surface area contributed by atoms with Crippen LogP contribution in [0.2, 0.25) is 0 Å². The van der Waals surface area contributed by atoms with Crippen LogP contribution in [0.4, 0.5) is 5.82 Å². The van der Waals surface area contributed by atoms with Crippen molar-refractivity contribution in [3.05, 3.63) is 23.3 Å². The fourth-order valence-electron chi connectivity index (χ4n) is 4.59. The van der Waals surface area contributed by atoms with Crippen molar-refractivity contribution in [1.29, 1.82) is 0 Å². The Balaban J connectivity index is 1.56. The van der Waals surface area contributed by atoms with Crippen LogP contribution in [0.15, 0.2) is 23.3 Å². The summed E-state index contributed by atoms with van der Waals surface area (Å²) in [4.78, 5) is 36.3. The topological polar surface area (TPSA) is 116 Å². The molecule has 5 rings (SSSR count). The van der Waals surface area contributed by atoms with Gasteiger partial charge >= 0.3 is 0 Å². The highest BCUT2D eigenvalue weighted by atomic mass is 35.5. The summed E-state index contributed by atoms with van der Waals surface area (Å²) in [5, 5.41) is 14.2. The molecule has 1 aliphatic carbocycles. The molecular weight excluding hydrogens is 382 g/mol. The highest BCUT2D eigenvalue weighted by Crippen LogP contribution is 2.45. The van der Waals surface area contributed by atoms with Crippen molar-refractivity contribution in [2.75, 3.05) is 5.32 Å². The number of H-pyrrole nitrogens is 1. The predicted molar refractivity (Wildman–Crippen MR) is 102 cm³/mol. The van der Waals surface area contributed by atoms with E-state index in [4.69, 9.17) is 11.6 Å². The van der Waals surface area contributed by atoms with Crippen LogP contribution in [0.5, 0.6) is 0 Å². The molecule has 10 heteroatoms. The van der Waals surface area contributed by atoms with E-state index in [1.807, 2.05) is 6.92 Å². The van der Waals surface area contributed by atoms with Gasteiger partial charge < -0.3 is 10.6 Å². The largest absolute Gasteiger partial charge is 0.357 e. The maximum atomic E-state index is 13.6. The lowest BCUT2D eigenvalue weighted by Crippen LogP contribution is -2.60. The maximum absolute atomic E-state index is 13.6. The Morgan fingerprint density at radius 2 is 2.04 bits per heavy atom. The number of hydrogen-bond donors (Lipinski definition) is 3. The number of nitrogens with one attached hydrogen (secondary N) is 3.